The van der Waals surface area contributed by atoms with Gasteiger partial charge in [0.2, 0.25) is 5.78 Å². The summed E-state index contributed by atoms with van der Waals surface area (Å²) < 4.78 is 10.7. The summed E-state index contributed by atoms with van der Waals surface area (Å²) >= 11 is 3.31. The Bertz CT molecular complexity index is 688. The lowest BCUT2D eigenvalue weighted by Gasteiger charge is -2.14. The fourth-order valence-corrected chi connectivity index (χ4v) is 2.39. The molecule has 2 rings (SSSR count). The predicted octanol–water partition coefficient (Wildman–Crippen LogP) is 3.53. The monoisotopic (exact) mass is 378 g/mol. The molecule has 1 aromatic carbocycles. The number of ketones is 2. The number of furan rings is 1. The molecule has 0 spiro atoms. The Labute approximate surface area is 141 Å². The van der Waals surface area contributed by atoms with E-state index in [2.05, 4.69) is 15.9 Å². The molecule has 0 aliphatic rings. The first kappa shape index (κ1) is 17.1. The van der Waals surface area contributed by atoms with Gasteiger partial charge in [0, 0.05) is 10.9 Å². The van der Waals surface area contributed by atoms with Crippen LogP contribution in [0.25, 0.3) is 0 Å². The summed E-state index contributed by atoms with van der Waals surface area (Å²) in [6.45, 7) is 1.72. The molecule has 0 saturated heterocycles. The van der Waals surface area contributed by atoms with Crippen LogP contribution in [0.5, 0.6) is 0 Å². The van der Waals surface area contributed by atoms with E-state index in [4.69, 9.17) is 9.15 Å². The van der Waals surface area contributed by atoms with Crippen molar-refractivity contribution in [1.29, 1.82) is 0 Å². The maximum absolute atomic E-state index is 12.4. The fourth-order valence-electron chi connectivity index (χ4n) is 2.12. The minimum absolute atomic E-state index is 0.101. The zero-order valence-corrected chi connectivity index (χ0v) is 14.0. The Kier molecular flexibility index (Phi) is 5.87. The van der Waals surface area contributed by atoms with Crippen LogP contribution in [0.4, 0.5) is 0 Å². The van der Waals surface area contributed by atoms with Gasteiger partial charge < -0.3 is 9.15 Å². The average molecular weight is 379 g/mol. The van der Waals surface area contributed by atoms with Gasteiger partial charge in [0.05, 0.1) is 18.8 Å². The second-order valence-electron chi connectivity index (χ2n) is 4.79. The molecule has 0 saturated carbocycles. The van der Waals surface area contributed by atoms with E-state index in [0.29, 0.717) is 5.56 Å². The smallest absolute Gasteiger partial charge is 0.375 e. The molecule has 0 N–H and O–H groups in total. The second kappa shape index (κ2) is 7.87. The van der Waals surface area contributed by atoms with Crippen LogP contribution < -0.4 is 0 Å². The highest BCUT2D eigenvalue weighted by atomic mass is 79.9. The lowest BCUT2D eigenvalue weighted by molar-refractivity contribution is -0.154. The number of carbonyl (C=O) groups is 3. The van der Waals surface area contributed by atoms with Crippen LogP contribution in [0.1, 0.15) is 35.4 Å². The van der Waals surface area contributed by atoms with Crippen molar-refractivity contribution in [1.82, 2.24) is 0 Å². The third-order valence-electron chi connectivity index (χ3n) is 3.25. The summed E-state index contributed by atoms with van der Waals surface area (Å²) in [5.41, 5.74) is 0.575. The number of hydrogen-bond acceptors (Lipinski definition) is 5. The summed E-state index contributed by atoms with van der Waals surface area (Å²) in [4.78, 5) is 36.4. The van der Waals surface area contributed by atoms with Gasteiger partial charge in [0.1, 0.15) is 0 Å². The van der Waals surface area contributed by atoms with Gasteiger partial charge in [-0.15, -0.1) is 0 Å². The van der Waals surface area contributed by atoms with E-state index in [9.17, 15) is 14.4 Å². The van der Waals surface area contributed by atoms with Gasteiger partial charge in [0.25, 0.3) is 0 Å². The van der Waals surface area contributed by atoms with Crippen LogP contribution in [0.15, 0.2) is 51.6 Å². The summed E-state index contributed by atoms with van der Waals surface area (Å²) in [5.74, 6) is -2.77. The number of esters is 1. The van der Waals surface area contributed by atoms with E-state index in [1.165, 1.54) is 12.3 Å². The molecular formula is C17H15BrO5. The molecule has 0 fully saturated rings. The third-order valence-corrected chi connectivity index (χ3v) is 3.78. The van der Waals surface area contributed by atoms with E-state index in [-0.39, 0.29) is 24.6 Å². The zero-order valence-electron chi connectivity index (χ0n) is 12.5. The van der Waals surface area contributed by atoms with Crippen molar-refractivity contribution >= 4 is 33.5 Å². The molecular weight excluding hydrogens is 364 g/mol. The molecule has 2 aromatic rings. The largest absolute Gasteiger partial charge is 0.461 e. The Balaban J connectivity index is 2.27. The number of ether oxygens (including phenoxy) is 1. The normalized spacial score (nSPS) is 11.7. The number of carbonyl (C=O) groups excluding carboxylic acids is 3. The molecule has 23 heavy (non-hydrogen) atoms. The average Bonchev–Trinajstić information content (AvgIpc) is 3.07. The molecule has 0 amide bonds. The van der Waals surface area contributed by atoms with Gasteiger partial charge in [-0.25, -0.2) is 4.79 Å². The van der Waals surface area contributed by atoms with E-state index >= 15 is 0 Å². The number of Topliss-reactive ketones (excluding diaryl/α,β-unsaturated/α-hetero) is 2. The quantitative estimate of drug-likeness (QED) is 0.418. The van der Waals surface area contributed by atoms with Gasteiger partial charge in [-0.3, -0.25) is 9.59 Å². The van der Waals surface area contributed by atoms with Crippen molar-refractivity contribution in [3.8, 4) is 0 Å². The summed E-state index contributed by atoms with van der Waals surface area (Å²) in [7, 11) is 0. The van der Waals surface area contributed by atoms with Crippen LogP contribution in [-0.2, 0) is 14.3 Å². The van der Waals surface area contributed by atoms with Crippen molar-refractivity contribution in [2.75, 3.05) is 6.61 Å². The number of hydrogen-bond donors (Lipinski definition) is 0. The standard InChI is InChI=1S/C17H15BrO5/c1-2-22-17(21)16(20)13(11-5-7-12(18)8-6-11)10-14(19)15-4-3-9-23-15/h3-9,13H,2,10H2,1H3. The molecule has 120 valence electrons. The minimum Gasteiger partial charge on any atom is -0.461 e. The predicted molar refractivity (Wildman–Crippen MR) is 86.2 cm³/mol. The molecule has 0 bridgehead atoms. The highest BCUT2D eigenvalue weighted by molar-refractivity contribution is 9.10. The Hall–Kier alpha value is -2.21. The van der Waals surface area contributed by atoms with E-state index in [1.807, 2.05) is 0 Å². The summed E-state index contributed by atoms with van der Waals surface area (Å²) in [6.07, 6.45) is 1.22. The third kappa shape index (κ3) is 4.39. The molecule has 0 aliphatic carbocycles. The van der Waals surface area contributed by atoms with Gasteiger partial charge >= 0.3 is 5.97 Å². The maximum atomic E-state index is 12.4. The minimum atomic E-state index is -0.937. The van der Waals surface area contributed by atoms with Crippen LogP contribution >= 0.6 is 15.9 Å². The number of halogens is 1. The lowest BCUT2D eigenvalue weighted by Crippen LogP contribution is -2.26. The number of benzene rings is 1. The maximum Gasteiger partial charge on any atom is 0.375 e. The van der Waals surface area contributed by atoms with E-state index in [0.717, 1.165) is 4.47 Å². The molecule has 1 atom stereocenters. The fraction of sp³-hybridized carbons (Fsp3) is 0.235. The second-order valence-corrected chi connectivity index (χ2v) is 5.71. The first-order valence-corrected chi connectivity index (χ1v) is 7.85. The topological polar surface area (TPSA) is 73.6 Å². The Morgan fingerprint density at radius 2 is 1.87 bits per heavy atom. The van der Waals surface area contributed by atoms with Crippen molar-refractivity contribution in [2.45, 2.75) is 19.3 Å². The molecule has 1 unspecified atom stereocenters. The Morgan fingerprint density at radius 1 is 1.17 bits per heavy atom. The summed E-state index contributed by atoms with van der Waals surface area (Å²) in [6, 6.07) is 10.0. The zero-order chi connectivity index (χ0) is 16.8. The first-order chi connectivity index (χ1) is 11.0. The van der Waals surface area contributed by atoms with Crippen LogP contribution in [0.2, 0.25) is 0 Å². The van der Waals surface area contributed by atoms with Gasteiger partial charge in [-0.2, -0.15) is 0 Å². The Morgan fingerprint density at radius 3 is 2.43 bits per heavy atom. The van der Waals surface area contributed by atoms with Crippen LogP contribution in [0, 0.1) is 0 Å². The van der Waals surface area contributed by atoms with Gasteiger partial charge in [-0.05, 0) is 36.8 Å². The SMILES string of the molecule is CCOC(=O)C(=O)C(CC(=O)c1ccco1)c1ccc(Br)cc1. The van der Waals surface area contributed by atoms with E-state index in [1.54, 1.807) is 37.3 Å². The lowest BCUT2D eigenvalue weighted by atomic mass is 9.89. The van der Waals surface area contributed by atoms with E-state index < -0.39 is 17.7 Å². The number of rotatable bonds is 7. The van der Waals surface area contributed by atoms with Gasteiger partial charge in [-0.1, -0.05) is 28.1 Å². The first-order valence-electron chi connectivity index (χ1n) is 7.06. The molecule has 6 heteroatoms. The van der Waals surface area contributed by atoms with Crippen molar-refractivity contribution in [3.05, 3.63) is 58.5 Å². The molecule has 5 nitrogen and oxygen atoms in total. The molecule has 1 aromatic heterocycles. The molecule has 1 heterocycles. The van der Waals surface area contributed by atoms with Crippen LogP contribution in [0.3, 0.4) is 0 Å². The van der Waals surface area contributed by atoms with Crippen molar-refractivity contribution < 1.29 is 23.5 Å². The van der Waals surface area contributed by atoms with Crippen molar-refractivity contribution in [2.24, 2.45) is 0 Å². The summed E-state index contributed by atoms with van der Waals surface area (Å²) in [5, 5.41) is 0. The highest BCUT2D eigenvalue weighted by Gasteiger charge is 2.31. The van der Waals surface area contributed by atoms with Crippen LogP contribution in [-0.4, -0.2) is 24.1 Å². The molecule has 0 aliphatic heterocycles. The highest BCUT2D eigenvalue weighted by Crippen LogP contribution is 2.25. The van der Waals surface area contributed by atoms with Crippen molar-refractivity contribution in [3.63, 3.8) is 0 Å². The van der Waals surface area contributed by atoms with Gasteiger partial charge in [0.15, 0.2) is 11.5 Å². The molecule has 0 radical (unpaired) electrons.